The standard InChI is InChI=1S/C23H29NO5/c1-14(2)19-9-16-10-23(29-8-6-7-27-4)22(28-5)11-17(16)20-12-21(26)18(15(3)25)13-24(19)20/h10-14,19H,6-9H2,1-5H3/t19-/m0/s1. The molecule has 3 rings (SSSR count). The molecule has 0 N–H and O–H groups in total. The summed E-state index contributed by atoms with van der Waals surface area (Å²) in [5, 5.41) is 0. The van der Waals surface area contributed by atoms with Crippen molar-refractivity contribution in [3.63, 3.8) is 0 Å². The van der Waals surface area contributed by atoms with Gasteiger partial charge in [0.25, 0.3) is 0 Å². The molecule has 1 aromatic heterocycles. The van der Waals surface area contributed by atoms with Crippen LogP contribution in [0.4, 0.5) is 0 Å². The maximum atomic E-state index is 12.5. The topological polar surface area (TPSA) is 66.8 Å². The monoisotopic (exact) mass is 399 g/mol. The Hall–Kier alpha value is -2.60. The number of nitrogens with zero attached hydrogens (tertiary/aromatic N) is 1. The van der Waals surface area contributed by atoms with Gasteiger partial charge >= 0.3 is 0 Å². The van der Waals surface area contributed by atoms with Crippen LogP contribution in [0.1, 0.15) is 49.2 Å². The Kier molecular flexibility index (Phi) is 6.42. The third-order valence-electron chi connectivity index (χ3n) is 5.43. The Bertz CT molecular complexity index is 960. The number of carbonyl (C=O) groups excluding carboxylic acids is 1. The lowest BCUT2D eigenvalue weighted by Crippen LogP contribution is -2.27. The second-order valence-electron chi connectivity index (χ2n) is 7.77. The van der Waals surface area contributed by atoms with E-state index in [9.17, 15) is 9.59 Å². The van der Waals surface area contributed by atoms with Crippen molar-refractivity contribution in [1.29, 1.82) is 0 Å². The summed E-state index contributed by atoms with van der Waals surface area (Å²) >= 11 is 0. The van der Waals surface area contributed by atoms with Gasteiger partial charge in [-0.3, -0.25) is 9.59 Å². The van der Waals surface area contributed by atoms with Gasteiger partial charge in [-0.1, -0.05) is 13.8 Å². The molecule has 156 valence electrons. The van der Waals surface area contributed by atoms with Crippen LogP contribution in [0, 0.1) is 5.92 Å². The lowest BCUT2D eigenvalue weighted by atomic mass is 9.87. The fraction of sp³-hybridized carbons (Fsp3) is 0.478. The highest BCUT2D eigenvalue weighted by molar-refractivity contribution is 5.94. The van der Waals surface area contributed by atoms with Crippen LogP contribution in [0.3, 0.4) is 0 Å². The summed E-state index contributed by atoms with van der Waals surface area (Å²) in [6.07, 6.45) is 3.30. The molecule has 1 aromatic carbocycles. The molecule has 0 bridgehead atoms. The maximum absolute atomic E-state index is 12.5. The van der Waals surface area contributed by atoms with Gasteiger partial charge in [-0.25, -0.2) is 0 Å². The first-order valence-corrected chi connectivity index (χ1v) is 9.97. The summed E-state index contributed by atoms with van der Waals surface area (Å²) in [6, 6.07) is 5.66. The van der Waals surface area contributed by atoms with Gasteiger partial charge in [0.15, 0.2) is 22.7 Å². The molecule has 0 spiro atoms. The first-order valence-electron chi connectivity index (χ1n) is 9.97. The number of pyridine rings is 1. The van der Waals surface area contributed by atoms with E-state index < -0.39 is 0 Å². The quantitative estimate of drug-likeness (QED) is 0.498. The molecule has 6 nitrogen and oxygen atoms in total. The van der Waals surface area contributed by atoms with Crippen LogP contribution in [0.15, 0.2) is 29.2 Å². The minimum absolute atomic E-state index is 0.144. The summed E-state index contributed by atoms with van der Waals surface area (Å²) in [7, 11) is 3.28. The third-order valence-corrected chi connectivity index (χ3v) is 5.43. The average molecular weight is 399 g/mol. The van der Waals surface area contributed by atoms with Crippen molar-refractivity contribution in [2.75, 3.05) is 27.4 Å². The third kappa shape index (κ3) is 4.22. The van der Waals surface area contributed by atoms with Gasteiger partial charge < -0.3 is 18.8 Å². The second-order valence-corrected chi connectivity index (χ2v) is 7.77. The van der Waals surface area contributed by atoms with Crippen LogP contribution in [0.25, 0.3) is 11.3 Å². The van der Waals surface area contributed by atoms with Crippen LogP contribution in [0.2, 0.25) is 0 Å². The molecule has 2 aromatic rings. The molecule has 0 radical (unpaired) electrons. The fourth-order valence-corrected chi connectivity index (χ4v) is 3.85. The number of fused-ring (bicyclic) bond motifs is 3. The highest BCUT2D eigenvalue weighted by Gasteiger charge is 2.29. The van der Waals surface area contributed by atoms with Crippen molar-refractivity contribution in [1.82, 2.24) is 4.57 Å². The van der Waals surface area contributed by atoms with Crippen molar-refractivity contribution >= 4 is 5.78 Å². The Morgan fingerprint density at radius 2 is 1.93 bits per heavy atom. The van der Waals surface area contributed by atoms with Crippen LogP contribution in [-0.4, -0.2) is 37.8 Å². The van der Waals surface area contributed by atoms with Gasteiger partial charge in [-0.15, -0.1) is 0 Å². The molecule has 0 amide bonds. The Labute approximate surface area is 171 Å². The zero-order valence-corrected chi connectivity index (χ0v) is 17.8. The number of carbonyl (C=O) groups is 1. The fourth-order valence-electron chi connectivity index (χ4n) is 3.85. The lowest BCUT2D eigenvalue weighted by Gasteiger charge is -2.34. The van der Waals surface area contributed by atoms with Crippen molar-refractivity contribution in [3.05, 3.63) is 45.7 Å². The smallest absolute Gasteiger partial charge is 0.192 e. The molecular weight excluding hydrogens is 370 g/mol. The Morgan fingerprint density at radius 3 is 2.55 bits per heavy atom. The highest BCUT2D eigenvalue weighted by Crippen LogP contribution is 2.42. The lowest BCUT2D eigenvalue weighted by molar-refractivity contribution is 0.101. The van der Waals surface area contributed by atoms with Crippen molar-refractivity contribution in [2.24, 2.45) is 5.92 Å². The van der Waals surface area contributed by atoms with Crippen LogP contribution >= 0.6 is 0 Å². The van der Waals surface area contributed by atoms with Gasteiger partial charge in [0.2, 0.25) is 0 Å². The van der Waals surface area contributed by atoms with E-state index in [1.165, 1.54) is 6.92 Å². The molecule has 1 atom stereocenters. The first-order chi connectivity index (χ1) is 13.9. The van der Waals surface area contributed by atoms with Crippen LogP contribution in [0.5, 0.6) is 11.5 Å². The molecule has 0 saturated carbocycles. The Balaban J connectivity index is 2.10. The molecule has 0 aliphatic carbocycles. The molecule has 1 aliphatic rings. The minimum Gasteiger partial charge on any atom is -0.493 e. The van der Waals surface area contributed by atoms with Gasteiger partial charge in [0.05, 0.1) is 25.0 Å². The Morgan fingerprint density at radius 1 is 1.17 bits per heavy atom. The zero-order chi connectivity index (χ0) is 21.1. The molecule has 1 aliphatic heterocycles. The van der Waals surface area contributed by atoms with E-state index in [1.807, 2.05) is 12.1 Å². The number of Topliss-reactive ketones (excluding diaryl/α,β-unsaturated/α-hetero) is 1. The number of benzene rings is 1. The summed E-state index contributed by atoms with van der Waals surface area (Å²) in [5.74, 6) is 1.44. The van der Waals surface area contributed by atoms with Crippen molar-refractivity contribution in [2.45, 2.75) is 39.7 Å². The van der Waals surface area contributed by atoms with E-state index in [-0.39, 0.29) is 22.8 Å². The number of methoxy groups -OCH3 is 2. The number of aromatic nitrogens is 1. The van der Waals surface area contributed by atoms with Crippen LogP contribution < -0.4 is 14.9 Å². The minimum atomic E-state index is -0.252. The summed E-state index contributed by atoms with van der Waals surface area (Å²) in [4.78, 5) is 24.4. The molecule has 6 heteroatoms. The second kappa shape index (κ2) is 8.82. The highest BCUT2D eigenvalue weighted by atomic mass is 16.5. The normalized spacial score (nSPS) is 15.0. The van der Waals surface area contributed by atoms with E-state index >= 15 is 0 Å². The van der Waals surface area contributed by atoms with E-state index in [0.717, 1.165) is 29.7 Å². The number of hydrogen-bond donors (Lipinski definition) is 0. The van der Waals surface area contributed by atoms with E-state index in [4.69, 9.17) is 14.2 Å². The largest absolute Gasteiger partial charge is 0.493 e. The van der Waals surface area contributed by atoms with Crippen molar-refractivity contribution in [3.8, 4) is 22.8 Å². The number of hydrogen-bond acceptors (Lipinski definition) is 5. The van der Waals surface area contributed by atoms with Gasteiger partial charge in [-0.2, -0.15) is 0 Å². The summed E-state index contributed by atoms with van der Waals surface area (Å²) in [5.41, 5.74) is 2.84. The molecule has 0 saturated heterocycles. The molecule has 0 fully saturated rings. The summed E-state index contributed by atoms with van der Waals surface area (Å²) < 4.78 is 18.6. The van der Waals surface area contributed by atoms with E-state index in [0.29, 0.717) is 30.6 Å². The number of rotatable bonds is 8. The maximum Gasteiger partial charge on any atom is 0.192 e. The van der Waals surface area contributed by atoms with Crippen molar-refractivity contribution < 1.29 is 19.0 Å². The van der Waals surface area contributed by atoms with Gasteiger partial charge in [-0.05, 0) is 37.0 Å². The SMILES string of the molecule is COCCCOc1cc2c(cc1OC)-c1cc(=O)c(C(C)=O)cn1[C@H](C(C)C)C2. The molecule has 0 unspecified atom stereocenters. The number of ether oxygens (including phenoxy) is 3. The molecular formula is C23H29NO5. The predicted molar refractivity (Wildman–Crippen MR) is 112 cm³/mol. The molecule has 2 heterocycles. The van der Waals surface area contributed by atoms with E-state index in [2.05, 4.69) is 18.4 Å². The molecule has 29 heavy (non-hydrogen) atoms. The van der Waals surface area contributed by atoms with Crippen LogP contribution in [-0.2, 0) is 11.2 Å². The van der Waals surface area contributed by atoms with Gasteiger partial charge in [0.1, 0.15) is 0 Å². The predicted octanol–water partition coefficient (Wildman–Crippen LogP) is 3.90. The average Bonchev–Trinajstić information content (AvgIpc) is 2.69. The van der Waals surface area contributed by atoms with Gasteiger partial charge in [0, 0.05) is 44.0 Å². The summed E-state index contributed by atoms with van der Waals surface area (Å²) in [6.45, 7) is 6.90. The zero-order valence-electron chi connectivity index (χ0n) is 17.8. The number of ketones is 1. The first kappa shape index (κ1) is 21.1. The van der Waals surface area contributed by atoms with E-state index in [1.54, 1.807) is 26.5 Å².